The van der Waals surface area contributed by atoms with Crippen molar-refractivity contribution in [3.63, 3.8) is 0 Å². The molecule has 3 rings (SSSR count). The molecule has 1 aromatic rings. The maximum atomic E-state index is 11.7. The van der Waals surface area contributed by atoms with Crippen LogP contribution < -0.4 is 5.32 Å². The molecule has 2 N–H and O–H groups in total. The van der Waals surface area contributed by atoms with E-state index in [2.05, 4.69) is 10.2 Å². The van der Waals surface area contributed by atoms with Gasteiger partial charge >= 0.3 is 6.03 Å². The summed E-state index contributed by atoms with van der Waals surface area (Å²) in [7, 11) is 0. The van der Waals surface area contributed by atoms with Crippen molar-refractivity contribution in [2.75, 3.05) is 39.3 Å². The zero-order chi connectivity index (χ0) is 16.8. The Balaban J connectivity index is 1.33. The number of piperidine rings is 1. The molecule has 6 heteroatoms. The number of carbonyl (C=O) groups is 1. The number of aliphatic hydroxyl groups excluding tert-OH is 1. The van der Waals surface area contributed by atoms with Gasteiger partial charge in [-0.15, -0.1) is 0 Å². The average Bonchev–Trinajstić information content (AvgIpc) is 3.03. The van der Waals surface area contributed by atoms with Crippen LogP contribution >= 0.6 is 0 Å². The van der Waals surface area contributed by atoms with Gasteiger partial charge in [-0.25, -0.2) is 4.79 Å². The summed E-state index contributed by atoms with van der Waals surface area (Å²) in [6, 6.07) is 10.4. The number of amides is 2. The van der Waals surface area contributed by atoms with Gasteiger partial charge in [-0.3, -0.25) is 0 Å². The molecule has 1 aromatic carbocycles. The third kappa shape index (κ3) is 4.69. The fraction of sp³-hybridized carbons (Fsp3) is 0.611. The van der Waals surface area contributed by atoms with E-state index in [1.54, 1.807) is 0 Å². The van der Waals surface area contributed by atoms with Crippen molar-refractivity contribution in [1.29, 1.82) is 0 Å². The minimum atomic E-state index is -0.472. The van der Waals surface area contributed by atoms with E-state index in [9.17, 15) is 9.90 Å². The summed E-state index contributed by atoms with van der Waals surface area (Å²) in [5.74, 6) is 0. The van der Waals surface area contributed by atoms with E-state index in [0.717, 1.165) is 44.6 Å². The second kappa shape index (κ2) is 8.46. The lowest BCUT2D eigenvalue weighted by molar-refractivity contribution is 0.00344. The molecule has 0 saturated carbocycles. The minimum absolute atomic E-state index is 0.0720. The predicted molar refractivity (Wildman–Crippen MR) is 91.7 cm³/mol. The molecule has 2 saturated heterocycles. The van der Waals surface area contributed by atoms with Crippen LogP contribution in [0.5, 0.6) is 0 Å². The smallest absolute Gasteiger partial charge is 0.317 e. The molecule has 2 aliphatic heterocycles. The monoisotopic (exact) mass is 333 g/mol. The fourth-order valence-corrected chi connectivity index (χ4v) is 3.49. The lowest BCUT2D eigenvalue weighted by atomic mass is 10.0. The lowest BCUT2D eigenvalue weighted by Crippen LogP contribution is -2.48. The molecule has 24 heavy (non-hydrogen) atoms. The van der Waals surface area contributed by atoms with Crippen LogP contribution in [0.2, 0.25) is 0 Å². The average molecular weight is 333 g/mol. The van der Waals surface area contributed by atoms with Crippen LogP contribution in [-0.4, -0.2) is 72.4 Å². The second-order valence-electron chi connectivity index (χ2n) is 6.61. The van der Waals surface area contributed by atoms with Gasteiger partial charge < -0.3 is 25.0 Å². The first kappa shape index (κ1) is 17.2. The molecule has 0 aromatic heterocycles. The highest BCUT2D eigenvalue weighted by Crippen LogP contribution is 2.18. The number of benzene rings is 1. The van der Waals surface area contributed by atoms with Crippen molar-refractivity contribution in [1.82, 2.24) is 15.1 Å². The number of ether oxygens (including phenoxy) is 1. The maximum absolute atomic E-state index is 11.7. The molecule has 6 nitrogen and oxygen atoms in total. The van der Waals surface area contributed by atoms with Crippen molar-refractivity contribution < 1.29 is 14.6 Å². The number of hydrogen-bond donors (Lipinski definition) is 2. The van der Waals surface area contributed by atoms with E-state index in [4.69, 9.17) is 4.74 Å². The topological polar surface area (TPSA) is 65.0 Å². The zero-order valence-corrected chi connectivity index (χ0v) is 14.1. The van der Waals surface area contributed by atoms with E-state index in [1.807, 2.05) is 35.2 Å². The molecular weight excluding hydrogens is 306 g/mol. The first-order valence-corrected chi connectivity index (χ1v) is 8.79. The molecule has 0 aliphatic carbocycles. The summed E-state index contributed by atoms with van der Waals surface area (Å²) in [6.07, 6.45) is 1.48. The van der Waals surface area contributed by atoms with Crippen molar-refractivity contribution in [2.45, 2.75) is 31.6 Å². The normalized spacial score (nSPS) is 21.0. The van der Waals surface area contributed by atoms with E-state index < -0.39 is 6.10 Å². The summed E-state index contributed by atoms with van der Waals surface area (Å²) >= 11 is 0. The van der Waals surface area contributed by atoms with E-state index in [-0.39, 0.29) is 6.03 Å². The summed E-state index contributed by atoms with van der Waals surface area (Å²) in [4.78, 5) is 15.9. The molecule has 0 bridgehead atoms. The minimum Gasteiger partial charge on any atom is -0.389 e. The highest BCUT2D eigenvalue weighted by Gasteiger charge is 2.30. The first-order chi connectivity index (χ1) is 11.7. The van der Waals surface area contributed by atoms with Crippen LogP contribution in [0.25, 0.3) is 0 Å². The molecule has 0 spiro atoms. The quantitative estimate of drug-likeness (QED) is 0.783. The van der Waals surface area contributed by atoms with Gasteiger partial charge in [0.05, 0.1) is 19.3 Å². The number of carbonyl (C=O) groups excluding carboxylic acids is 1. The van der Waals surface area contributed by atoms with Crippen molar-refractivity contribution in [2.24, 2.45) is 0 Å². The Morgan fingerprint density at radius 1 is 1.21 bits per heavy atom. The summed E-state index contributed by atoms with van der Waals surface area (Å²) in [5.41, 5.74) is 1.12. The van der Waals surface area contributed by atoms with Crippen molar-refractivity contribution in [3.8, 4) is 0 Å². The standard InChI is InChI=1S/C18H27N3O3/c22-17(14-24-13-15-4-2-1-3-5-15)12-20-9-6-16(7-10-20)21-11-8-19-18(21)23/h1-5,16-17,22H,6-14H2,(H,19,23). The van der Waals surface area contributed by atoms with Crippen LogP contribution in [0, 0.1) is 0 Å². The summed E-state index contributed by atoms with van der Waals surface area (Å²) < 4.78 is 5.60. The molecule has 2 amide bonds. The highest BCUT2D eigenvalue weighted by atomic mass is 16.5. The number of rotatable bonds is 7. The van der Waals surface area contributed by atoms with E-state index >= 15 is 0 Å². The van der Waals surface area contributed by atoms with Gasteiger partial charge in [0.25, 0.3) is 0 Å². The van der Waals surface area contributed by atoms with Crippen LogP contribution in [0.15, 0.2) is 30.3 Å². The third-order valence-corrected chi connectivity index (χ3v) is 4.78. The first-order valence-electron chi connectivity index (χ1n) is 8.79. The number of nitrogens with one attached hydrogen (secondary N) is 1. The number of aliphatic hydroxyl groups is 1. The number of urea groups is 1. The van der Waals surface area contributed by atoms with E-state index in [0.29, 0.717) is 25.8 Å². The van der Waals surface area contributed by atoms with Crippen LogP contribution in [-0.2, 0) is 11.3 Å². The number of hydrogen-bond acceptors (Lipinski definition) is 4. The van der Waals surface area contributed by atoms with Gasteiger partial charge in [0, 0.05) is 38.8 Å². The van der Waals surface area contributed by atoms with Crippen LogP contribution in [0.1, 0.15) is 18.4 Å². The Bertz CT molecular complexity index is 518. The maximum Gasteiger partial charge on any atom is 0.317 e. The molecular formula is C18H27N3O3. The Morgan fingerprint density at radius 3 is 2.62 bits per heavy atom. The largest absolute Gasteiger partial charge is 0.389 e. The van der Waals surface area contributed by atoms with Gasteiger partial charge in [-0.2, -0.15) is 0 Å². The predicted octanol–water partition coefficient (Wildman–Crippen LogP) is 1.05. The van der Waals surface area contributed by atoms with Gasteiger partial charge in [0.2, 0.25) is 0 Å². The fourth-order valence-electron chi connectivity index (χ4n) is 3.49. The number of likely N-dealkylation sites (tertiary alicyclic amines) is 1. The molecule has 1 unspecified atom stereocenters. The third-order valence-electron chi connectivity index (χ3n) is 4.78. The molecule has 0 radical (unpaired) electrons. The Morgan fingerprint density at radius 2 is 1.96 bits per heavy atom. The van der Waals surface area contributed by atoms with Gasteiger partial charge in [0.15, 0.2) is 0 Å². The van der Waals surface area contributed by atoms with Crippen molar-refractivity contribution >= 4 is 6.03 Å². The second-order valence-corrected chi connectivity index (χ2v) is 6.61. The van der Waals surface area contributed by atoms with Crippen molar-refractivity contribution in [3.05, 3.63) is 35.9 Å². The Hall–Kier alpha value is -1.63. The number of nitrogens with zero attached hydrogens (tertiary/aromatic N) is 2. The summed E-state index contributed by atoms with van der Waals surface area (Å²) in [5, 5.41) is 13.0. The highest BCUT2D eigenvalue weighted by molar-refractivity contribution is 5.76. The molecule has 2 aliphatic rings. The molecule has 1 atom stereocenters. The SMILES string of the molecule is O=C1NCCN1C1CCN(CC(O)COCc2ccccc2)CC1. The molecule has 2 fully saturated rings. The summed E-state index contributed by atoms with van der Waals surface area (Å²) in [6.45, 7) is 4.94. The van der Waals surface area contributed by atoms with Crippen LogP contribution in [0.4, 0.5) is 4.79 Å². The van der Waals surface area contributed by atoms with Crippen LogP contribution in [0.3, 0.4) is 0 Å². The Kier molecular flexibility index (Phi) is 6.07. The van der Waals surface area contributed by atoms with E-state index in [1.165, 1.54) is 0 Å². The molecule has 132 valence electrons. The lowest BCUT2D eigenvalue weighted by Gasteiger charge is -2.36. The number of β-amino-alcohol motifs (C(OH)–C–C–N with tert-alkyl or cyclic N) is 1. The van der Waals surface area contributed by atoms with Gasteiger partial charge in [-0.05, 0) is 18.4 Å². The van der Waals surface area contributed by atoms with Gasteiger partial charge in [-0.1, -0.05) is 30.3 Å². The molecule has 2 heterocycles. The zero-order valence-electron chi connectivity index (χ0n) is 14.1. The van der Waals surface area contributed by atoms with Gasteiger partial charge in [0.1, 0.15) is 0 Å². The Labute approximate surface area is 143 Å².